The van der Waals surface area contributed by atoms with Gasteiger partial charge in [-0.2, -0.15) is 5.10 Å². The smallest absolute Gasteiger partial charge is 0.214 e. The number of carbonyl (C=O) groups is 1. The second-order valence-corrected chi connectivity index (χ2v) is 4.62. The molecule has 1 aromatic heterocycles. The Hall–Kier alpha value is -1.13. The highest BCUT2D eigenvalue weighted by molar-refractivity contribution is 9.10. The van der Waals surface area contributed by atoms with E-state index in [0.29, 0.717) is 20.8 Å². The molecular weight excluding hydrogens is 291 g/mol. The van der Waals surface area contributed by atoms with Gasteiger partial charge in [0.1, 0.15) is 5.69 Å². The van der Waals surface area contributed by atoms with E-state index in [-0.39, 0.29) is 5.78 Å². The lowest BCUT2D eigenvalue weighted by atomic mass is 10.1. The van der Waals surface area contributed by atoms with E-state index in [0.717, 1.165) is 0 Å². The largest absolute Gasteiger partial charge is 0.287 e. The third-order valence-electron chi connectivity index (χ3n) is 2.12. The zero-order valence-corrected chi connectivity index (χ0v) is 10.8. The number of rotatable bonds is 2. The fourth-order valence-corrected chi connectivity index (χ4v) is 2.21. The van der Waals surface area contributed by atoms with Crippen molar-refractivity contribution in [3.63, 3.8) is 0 Å². The van der Waals surface area contributed by atoms with Crippen LogP contribution in [0.5, 0.6) is 0 Å². The van der Waals surface area contributed by atoms with Crippen LogP contribution in [0, 0.1) is 0 Å². The third kappa shape index (κ3) is 2.18. The lowest BCUT2D eigenvalue weighted by Crippen LogP contribution is -2.04. The van der Waals surface area contributed by atoms with Crippen molar-refractivity contribution in [1.29, 1.82) is 0 Å². The minimum Gasteiger partial charge on any atom is -0.287 e. The van der Waals surface area contributed by atoms with Gasteiger partial charge >= 0.3 is 0 Å². The summed E-state index contributed by atoms with van der Waals surface area (Å²) >= 11 is 9.12. The van der Waals surface area contributed by atoms with E-state index in [9.17, 15) is 4.79 Å². The molecule has 0 saturated heterocycles. The van der Waals surface area contributed by atoms with Crippen LogP contribution in [0.2, 0.25) is 5.02 Å². The fraction of sp³-hybridized carbons (Fsp3) is 0.0909. The average Bonchev–Trinajstić information content (AvgIpc) is 2.64. The summed E-state index contributed by atoms with van der Waals surface area (Å²) in [4.78, 5) is 12.0. The van der Waals surface area contributed by atoms with Crippen LogP contribution >= 0.6 is 27.5 Å². The number of benzene rings is 1. The molecular formula is C11H8BrClN2O. The van der Waals surface area contributed by atoms with E-state index in [1.807, 2.05) is 0 Å². The number of carbonyl (C=O) groups excluding carboxylic acids is 1. The van der Waals surface area contributed by atoms with Crippen LogP contribution in [0.3, 0.4) is 0 Å². The van der Waals surface area contributed by atoms with E-state index in [1.165, 1.54) is 0 Å². The van der Waals surface area contributed by atoms with Crippen molar-refractivity contribution in [3.05, 3.63) is 51.2 Å². The molecule has 2 rings (SSSR count). The van der Waals surface area contributed by atoms with Gasteiger partial charge in [-0.15, -0.1) is 0 Å². The second kappa shape index (κ2) is 4.39. The van der Waals surface area contributed by atoms with Gasteiger partial charge in [0.05, 0.1) is 0 Å². The van der Waals surface area contributed by atoms with Gasteiger partial charge in [-0.3, -0.25) is 9.48 Å². The first kappa shape index (κ1) is 11.4. The molecule has 0 N–H and O–H groups in total. The summed E-state index contributed by atoms with van der Waals surface area (Å²) < 4.78 is 2.27. The van der Waals surface area contributed by atoms with Gasteiger partial charge in [0.25, 0.3) is 0 Å². The molecule has 1 heterocycles. The molecule has 3 nitrogen and oxygen atoms in total. The van der Waals surface area contributed by atoms with Gasteiger partial charge in [-0.1, -0.05) is 11.6 Å². The molecule has 0 amide bonds. The quantitative estimate of drug-likeness (QED) is 0.799. The standard InChI is InChI=1S/C11H8BrClN2O/c1-15-5-4-10(14-15)11(16)8-3-2-7(13)6-9(8)12/h2-6H,1H3. The van der Waals surface area contributed by atoms with Gasteiger partial charge in [0.2, 0.25) is 5.78 Å². The van der Waals surface area contributed by atoms with Crippen molar-refractivity contribution < 1.29 is 4.79 Å². The van der Waals surface area contributed by atoms with Crippen LogP contribution < -0.4 is 0 Å². The minimum atomic E-state index is -0.121. The maximum atomic E-state index is 12.0. The second-order valence-electron chi connectivity index (χ2n) is 3.33. The molecule has 0 aliphatic carbocycles. The van der Waals surface area contributed by atoms with Gasteiger partial charge in [0.15, 0.2) is 0 Å². The van der Waals surface area contributed by atoms with Crippen molar-refractivity contribution in [3.8, 4) is 0 Å². The molecule has 0 radical (unpaired) electrons. The van der Waals surface area contributed by atoms with E-state index in [2.05, 4.69) is 21.0 Å². The molecule has 2 aromatic rings. The van der Waals surface area contributed by atoms with Crippen LogP contribution in [0.1, 0.15) is 16.1 Å². The molecule has 16 heavy (non-hydrogen) atoms. The molecule has 1 aromatic carbocycles. The predicted molar refractivity (Wildman–Crippen MR) is 65.8 cm³/mol. The maximum absolute atomic E-state index is 12.0. The number of hydrogen-bond acceptors (Lipinski definition) is 2. The Balaban J connectivity index is 2.41. The van der Waals surface area contributed by atoms with Crippen molar-refractivity contribution in [2.24, 2.45) is 7.05 Å². The van der Waals surface area contributed by atoms with Gasteiger partial charge < -0.3 is 0 Å². The first-order chi connectivity index (χ1) is 7.58. The fourth-order valence-electron chi connectivity index (χ4n) is 1.35. The first-order valence-electron chi connectivity index (χ1n) is 4.57. The van der Waals surface area contributed by atoms with Crippen molar-refractivity contribution in [2.75, 3.05) is 0 Å². The zero-order chi connectivity index (χ0) is 11.7. The normalized spacial score (nSPS) is 10.4. The highest BCUT2D eigenvalue weighted by atomic mass is 79.9. The van der Waals surface area contributed by atoms with Crippen molar-refractivity contribution in [1.82, 2.24) is 9.78 Å². The molecule has 0 unspecified atom stereocenters. The summed E-state index contributed by atoms with van der Waals surface area (Å²) in [7, 11) is 1.77. The molecule has 0 spiro atoms. The van der Waals surface area contributed by atoms with Crippen molar-refractivity contribution in [2.45, 2.75) is 0 Å². The van der Waals surface area contributed by atoms with Gasteiger partial charge in [-0.05, 0) is 40.2 Å². The Morgan fingerprint density at radius 1 is 1.44 bits per heavy atom. The summed E-state index contributed by atoms with van der Waals surface area (Å²) in [5.41, 5.74) is 0.980. The lowest BCUT2D eigenvalue weighted by molar-refractivity contribution is 0.103. The number of hydrogen-bond donors (Lipinski definition) is 0. The molecule has 0 saturated carbocycles. The maximum Gasteiger partial charge on any atom is 0.214 e. The van der Waals surface area contributed by atoms with Crippen LogP contribution in [0.4, 0.5) is 0 Å². The van der Waals surface area contributed by atoms with E-state index in [4.69, 9.17) is 11.6 Å². The number of halogens is 2. The number of aromatic nitrogens is 2. The SMILES string of the molecule is Cn1ccc(C(=O)c2ccc(Cl)cc2Br)n1. The third-order valence-corrected chi connectivity index (χ3v) is 3.01. The summed E-state index contributed by atoms with van der Waals surface area (Å²) in [5, 5.41) is 4.65. The highest BCUT2D eigenvalue weighted by Gasteiger charge is 2.14. The zero-order valence-electron chi connectivity index (χ0n) is 8.45. The topological polar surface area (TPSA) is 34.9 Å². The van der Waals surface area contributed by atoms with Crippen LogP contribution in [0.25, 0.3) is 0 Å². The van der Waals surface area contributed by atoms with E-state index >= 15 is 0 Å². The monoisotopic (exact) mass is 298 g/mol. The molecule has 0 aliphatic heterocycles. The number of aryl methyl sites for hydroxylation is 1. The van der Waals surface area contributed by atoms with Gasteiger partial charge in [-0.25, -0.2) is 0 Å². The molecule has 5 heteroatoms. The summed E-state index contributed by atoms with van der Waals surface area (Å²) in [5.74, 6) is -0.121. The number of ketones is 1. The minimum absolute atomic E-state index is 0.121. The molecule has 0 aliphatic rings. The summed E-state index contributed by atoms with van der Waals surface area (Å²) in [6.45, 7) is 0. The molecule has 0 fully saturated rings. The van der Waals surface area contributed by atoms with Crippen molar-refractivity contribution >= 4 is 33.3 Å². The van der Waals surface area contributed by atoms with Crippen LogP contribution in [0.15, 0.2) is 34.9 Å². The lowest BCUT2D eigenvalue weighted by Gasteiger charge is -2.01. The Morgan fingerprint density at radius 2 is 2.19 bits per heavy atom. The predicted octanol–water partition coefficient (Wildman–Crippen LogP) is 3.07. The summed E-state index contributed by atoms with van der Waals surface area (Å²) in [6, 6.07) is 6.74. The Kier molecular flexibility index (Phi) is 3.12. The molecule has 0 atom stereocenters. The summed E-state index contributed by atoms with van der Waals surface area (Å²) in [6.07, 6.45) is 1.73. The molecule has 82 valence electrons. The van der Waals surface area contributed by atoms with E-state index < -0.39 is 0 Å². The van der Waals surface area contributed by atoms with Crippen LogP contribution in [-0.2, 0) is 7.05 Å². The Bertz CT molecular complexity index is 551. The average molecular weight is 300 g/mol. The Morgan fingerprint density at radius 3 is 2.75 bits per heavy atom. The molecule has 0 bridgehead atoms. The van der Waals surface area contributed by atoms with E-state index in [1.54, 1.807) is 42.2 Å². The van der Waals surface area contributed by atoms with Gasteiger partial charge in [0, 0.05) is 28.3 Å². The first-order valence-corrected chi connectivity index (χ1v) is 5.74. The Labute approximate surface area is 106 Å². The number of nitrogens with zero attached hydrogens (tertiary/aromatic N) is 2. The van der Waals surface area contributed by atoms with Crippen LogP contribution in [-0.4, -0.2) is 15.6 Å². The highest BCUT2D eigenvalue weighted by Crippen LogP contribution is 2.23.